The average Bonchev–Trinajstić information content (AvgIpc) is 2.97. The van der Waals surface area contributed by atoms with Gasteiger partial charge in [0.05, 0.1) is 5.39 Å². The predicted octanol–water partition coefficient (Wildman–Crippen LogP) is 1.88. The number of hydrogen-bond donors (Lipinski definition) is 1. The Morgan fingerprint density at radius 3 is 2.94 bits per heavy atom. The molecule has 0 amide bonds. The van der Waals surface area contributed by atoms with Gasteiger partial charge in [-0.15, -0.1) is 11.3 Å². The molecule has 90 valence electrons. The van der Waals surface area contributed by atoms with Crippen LogP contribution in [-0.4, -0.2) is 30.6 Å². The van der Waals surface area contributed by atoms with Crippen molar-refractivity contribution in [2.75, 3.05) is 0 Å². The van der Waals surface area contributed by atoms with Crippen molar-refractivity contribution in [3.05, 3.63) is 35.5 Å². The van der Waals surface area contributed by atoms with Crippen LogP contribution in [0, 0.1) is 6.92 Å². The lowest BCUT2D eigenvalue weighted by Crippen LogP contribution is -1.98. The van der Waals surface area contributed by atoms with Crippen LogP contribution >= 0.6 is 11.3 Å². The first kappa shape index (κ1) is 10.8. The van der Waals surface area contributed by atoms with Gasteiger partial charge in [0.25, 0.3) is 0 Å². The molecule has 3 heterocycles. The highest BCUT2D eigenvalue weighted by Crippen LogP contribution is 2.32. The van der Waals surface area contributed by atoms with E-state index in [0.29, 0.717) is 21.1 Å². The summed E-state index contributed by atoms with van der Waals surface area (Å²) in [5.41, 5.74) is 0.687. The van der Waals surface area contributed by atoms with E-state index >= 15 is 0 Å². The number of carboxylic acids is 1. The molecule has 0 radical (unpaired) electrons. The number of thiophene rings is 1. The molecule has 1 N–H and O–H groups in total. The molecular weight excluding hydrogens is 252 g/mol. The lowest BCUT2D eigenvalue weighted by Gasteiger charge is -2.02. The Morgan fingerprint density at radius 2 is 2.28 bits per heavy atom. The van der Waals surface area contributed by atoms with Crippen molar-refractivity contribution in [3.8, 4) is 5.82 Å². The van der Waals surface area contributed by atoms with Gasteiger partial charge >= 0.3 is 5.97 Å². The number of rotatable bonds is 2. The minimum Gasteiger partial charge on any atom is -0.477 e. The normalized spacial score (nSPS) is 10.9. The Morgan fingerprint density at radius 1 is 1.44 bits per heavy atom. The van der Waals surface area contributed by atoms with Gasteiger partial charge in [0.15, 0.2) is 0 Å². The first-order valence-electron chi connectivity index (χ1n) is 5.14. The summed E-state index contributed by atoms with van der Waals surface area (Å²) < 4.78 is 1.75. The van der Waals surface area contributed by atoms with Crippen LogP contribution in [0.15, 0.2) is 25.0 Å². The van der Waals surface area contributed by atoms with Gasteiger partial charge in [-0.3, -0.25) is 4.57 Å². The molecule has 0 aromatic carbocycles. The smallest absolute Gasteiger partial charge is 0.346 e. The Labute approximate surface area is 106 Å². The summed E-state index contributed by atoms with van der Waals surface area (Å²) in [4.78, 5) is 24.4. The number of imidazole rings is 1. The molecule has 6 nitrogen and oxygen atoms in total. The maximum atomic E-state index is 11.1. The van der Waals surface area contributed by atoms with Gasteiger partial charge in [0.1, 0.15) is 28.2 Å². The zero-order valence-corrected chi connectivity index (χ0v) is 10.2. The summed E-state index contributed by atoms with van der Waals surface area (Å²) in [6, 6.07) is 0. The third kappa shape index (κ3) is 1.48. The quantitative estimate of drug-likeness (QED) is 0.760. The van der Waals surface area contributed by atoms with Crippen molar-refractivity contribution in [1.82, 2.24) is 19.5 Å². The highest BCUT2D eigenvalue weighted by Gasteiger charge is 2.18. The molecule has 0 spiro atoms. The van der Waals surface area contributed by atoms with E-state index in [4.69, 9.17) is 5.11 Å². The van der Waals surface area contributed by atoms with Crippen molar-refractivity contribution in [1.29, 1.82) is 0 Å². The molecule has 0 aliphatic rings. The minimum absolute atomic E-state index is 0.298. The second kappa shape index (κ2) is 3.88. The van der Waals surface area contributed by atoms with Crippen LogP contribution in [0.2, 0.25) is 0 Å². The second-order valence-electron chi connectivity index (χ2n) is 3.71. The number of aromatic carboxylic acids is 1. The van der Waals surface area contributed by atoms with Crippen LogP contribution < -0.4 is 0 Å². The molecule has 3 aromatic rings. The van der Waals surface area contributed by atoms with Gasteiger partial charge in [-0.2, -0.15) is 0 Å². The summed E-state index contributed by atoms with van der Waals surface area (Å²) in [5, 5.41) is 9.89. The Bertz CT molecular complexity index is 733. The third-order valence-corrected chi connectivity index (χ3v) is 3.84. The summed E-state index contributed by atoms with van der Waals surface area (Å²) in [7, 11) is 0. The number of aromatic nitrogens is 4. The fourth-order valence-corrected chi connectivity index (χ4v) is 2.82. The van der Waals surface area contributed by atoms with Gasteiger partial charge in [0, 0.05) is 12.4 Å². The standard InChI is InChI=1S/C11H8N4O2S/c1-6-7-9(15-3-2-12-5-15)13-4-14-10(7)18-8(6)11(16)17/h2-5H,1H3,(H,16,17). The number of fused-ring (bicyclic) bond motifs is 1. The van der Waals surface area contributed by atoms with E-state index in [1.165, 1.54) is 6.33 Å². The van der Waals surface area contributed by atoms with Crippen LogP contribution in [-0.2, 0) is 0 Å². The topological polar surface area (TPSA) is 80.9 Å². The number of aryl methyl sites for hydroxylation is 1. The molecule has 0 unspecified atom stereocenters. The van der Waals surface area contributed by atoms with Gasteiger partial charge < -0.3 is 5.11 Å². The molecule has 0 fully saturated rings. The van der Waals surface area contributed by atoms with E-state index in [1.54, 1.807) is 30.2 Å². The SMILES string of the molecule is Cc1c(C(=O)O)sc2ncnc(-n3ccnc3)c12. The Kier molecular flexibility index (Phi) is 2.34. The zero-order chi connectivity index (χ0) is 12.7. The molecule has 0 aliphatic heterocycles. The van der Waals surface area contributed by atoms with E-state index in [0.717, 1.165) is 16.7 Å². The largest absolute Gasteiger partial charge is 0.477 e. The summed E-state index contributed by atoms with van der Waals surface area (Å²) in [6.45, 7) is 1.77. The van der Waals surface area contributed by atoms with Crippen molar-refractivity contribution >= 4 is 27.5 Å². The van der Waals surface area contributed by atoms with Crippen LogP contribution in [0.3, 0.4) is 0 Å². The Hall–Kier alpha value is -2.28. The summed E-state index contributed by atoms with van der Waals surface area (Å²) in [6.07, 6.45) is 6.46. The van der Waals surface area contributed by atoms with Crippen molar-refractivity contribution in [2.45, 2.75) is 6.92 Å². The number of carbonyl (C=O) groups is 1. The van der Waals surface area contributed by atoms with Gasteiger partial charge in [-0.1, -0.05) is 0 Å². The second-order valence-corrected chi connectivity index (χ2v) is 4.71. The lowest BCUT2D eigenvalue weighted by molar-refractivity contribution is 0.0701. The first-order valence-corrected chi connectivity index (χ1v) is 5.96. The molecule has 3 aromatic heterocycles. The molecular formula is C11H8N4O2S. The van der Waals surface area contributed by atoms with Crippen LogP contribution in [0.4, 0.5) is 0 Å². The van der Waals surface area contributed by atoms with Crippen LogP contribution in [0.25, 0.3) is 16.0 Å². The molecule has 0 bridgehead atoms. The monoisotopic (exact) mass is 260 g/mol. The van der Waals surface area contributed by atoms with E-state index in [-0.39, 0.29) is 0 Å². The molecule has 7 heteroatoms. The summed E-state index contributed by atoms with van der Waals surface area (Å²) in [5.74, 6) is -0.286. The number of hydrogen-bond acceptors (Lipinski definition) is 5. The predicted molar refractivity (Wildman–Crippen MR) is 66.2 cm³/mol. The average molecular weight is 260 g/mol. The van der Waals surface area contributed by atoms with E-state index in [9.17, 15) is 4.79 Å². The Balaban J connectivity index is 2.37. The molecule has 0 aliphatic carbocycles. The number of carboxylic acid groups (broad SMARTS) is 1. The van der Waals surface area contributed by atoms with Gasteiger partial charge in [-0.25, -0.2) is 19.7 Å². The van der Waals surface area contributed by atoms with Crippen LogP contribution in [0.5, 0.6) is 0 Å². The van der Waals surface area contributed by atoms with E-state index in [1.807, 2.05) is 0 Å². The molecule has 0 saturated carbocycles. The fraction of sp³-hybridized carbons (Fsp3) is 0.0909. The number of nitrogens with zero attached hydrogens (tertiary/aromatic N) is 4. The van der Waals surface area contributed by atoms with E-state index in [2.05, 4.69) is 15.0 Å². The van der Waals surface area contributed by atoms with Crippen molar-refractivity contribution < 1.29 is 9.90 Å². The molecule has 18 heavy (non-hydrogen) atoms. The van der Waals surface area contributed by atoms with Crippen molar-refractivity contribution in [2.24, 2.45) is 0 Å². The lowest BCUT2D eigenvalue weighted by atomic mass is 10.2. The van der Waals surface area contributed by atoms with Gasteiger partial charge in [-0.05, 0) is 12.5 Å². The highest BCUT2D eigenvalue weighted by molar-refractivity contribution is 7.20. The molecule has 0 saturated heterocycles. The van der Waals surface area contributed by atoms with Crippen molar-refractivity contribution in [3.63, 3.8) is 0 Å². The fourth-order valence-electron chi connectivity index (χ4n) is 1.84. The molecule has 0 atom stereocenters. The zero-order valence-electron chi connectivity index (χ0n) is 9.36. The minimum atomic E-state index is -0.938. The molecule has 3 rings (SSSR count). The first-order chi connectivity index (χ1) is 8.68. The third-order valence-electron chi connectivity index (χ3n) is 2.65. The highest BCUT2D eigenvalue weighted by atomic mass is 32.1. The van der Waals surface area contributed by atoms with Crippen LogP contribution in [0.1, 0.15) is 15.2 Å². The van der Waals surface area contributed by atoms with E-state index < -0.39 is 5.97 Å². The maximum absolute atomic E-state index is 11.1. The maximum Gasteiger partial charge on any atom is 0.346 e. The van der Waals surface area contributed by atoms with Gasteiger partial charge in [0.2, 0.25) is 0 Å². The summed E-state index contributed by atoms with van der Waals surface area (Å²) >= 11 is 1.16.